The fraction of sp³-hybridized carbons (Fsp3) is 0.364. The lowest BCUT2D eigenvalue weighted by molar-refractivity contribution is -0.132. The Labute approximate surface area is 173 Å². The fourth-order valence-electron chi connectivity index (χ4n) is 3.58. The highest BCUT2D eigenvalue weighted by Crippen LogP contribution is 2.19. The van der Waals surface area contributed by atoms with Crippen LogP contribution in [0.15, 0.2) is 36.4 Å². The number of hydrogen-bond acceptors (Lipinski definition) is 4. The maximum atomic E-state index is 13.8. The Morgan fingerprint density at radius 3 is 2.40 bits per heavy atom. The SMILES string of the molecule is N#Cc1ccc(NC2CCN(C(=O)C[C@H](N)Cc3cc(F)c(F)cc3F)CC2)cc1. The van der Waals surface area contributed by atoms with Gasteiger partial charge in [-0.2, -0.15) is 5.26 Å². The lowest BCUT2D eigenvalue weighted by atomic mass is 10.0. The maximum absolute atomic E-state index is 13.8. The van der Waals surface area contributed by atoms with Crippen LogP contribution >= 0.6 is 0 Å². The molecule has 5 nitrogen and oxygen atoms in total. The number of halogens is 3. The largest absolute Gasteiger partial charge is 0.382 e. The zero-order valence-corrected chi connectivity index (χ0v) is 16.4. The first kappa shape index (κ1) is 21.7. The first-order valence-electron chi connectivity index (χ1n) is 9.79. The van der Waals surface area contributed by atoms with Crippen LogP contribution in [0.25, 0.3) is 0 Å². The summed E-state index contributed by atoms with van der Waals surface area (Å²) < 4.78 is 40.1. The number of carbonyl (C=O) groups excluding carboxylic acids is 1. The predicted octanol–water partition coefficient (Wildman–Crippen LogP) is 3.34. The Morgan fingerprint density at radius 1 is 1.13 bits per heavy atom. The van der Waals surface area contributed by atoms with Crippen molar-refractivity contribution >= 4 is 11.6 Å². The van der Waals surface area contributed by atoms with Gasteiger partial charge in [0.25, 0.3) is 0 Å². The summed E-state index contributed by atoms with van der Waals surface area (Å²) in [5, 5.41) is 12.2. The van der Waals surface area contributed by atoms with Crippen molar-refractivity contribution in [2.75, 3.05) is 18.4 Å². The Kier molecular flexibility index (Phi) is 6.95. The highest BCUT2D eigenvalue weighted by Gasteiger charge is 2.24. The Bertz CT molecular complexity index is 935. The Hall–Kier alpha value is -3.05. The molecule has 0 saturated carbocycles. The highest BCUT2D eigenvalue weighted by atomic mass is 19.2. The van der Waals surface area contributed by atoms with E-state index >= 15 is 0 Å². The number of nitriles is 1. The Balaban J connectivity index is 1.46. The number of anilines is 1. The minimum atomic E-state index is -1.25. The van der Waals surface area contributed by atoms with Gasteiger partial charge in [0.15, 0.2) is 11.6 Å². The number of carbonyl (C=O) groups is 1. The summed E-state index contributed by atoms with van der Waals surface area (Å²) in [6, 6.07) is 10.1. The van der Waals surface area contributed by atoms with Crippen molar-refractivity contribution in [2.45, 2.75) is 37.8 Å². The molecule has 3 N–H and O–H groups in total. The van der Waals surface area contributed by atoms with E-state index in [0.717, 1.165) is 24.6 Å². The van der Waals surface area contributed by atoms with Crippen LogP contribution in [0.2, 0.25) is 0 Å². The molecule has 1 saturated heterocycles. The predicted molar refractivity (Wildman–Crippen MR) is 107 cm³/mol. The van der Waals surface area contributed by atoms with E-state index in [0.29, 0.717) is 24.7 Å². The normalized spacial score (nSPS) is 15.5. The van der Waals surface area contributed by atoms with Crippen LogP contribution < -0.4 is 11.1 Å². The molecule has 3 rings (SSSR count). The lowest BCUT2D eigenvalue weighted by Gasteiger charge is -2.33. The topological polar surface area (TPSA) is 82.2 Å². The molecule has 1 heterocycles. The molecule has 158 valence electrons. The van der Waals surface area contributed by atoms with Gasteiger partial charge in [0, 0.05) is 43.3 Å². The monoisotopic (exact) mass is 416 g/mol. The van der Waals surface area contributed by atoms with Crippen LogP contribution in [0.3, 0.4) is 0 Å². The molecule has 2 aromatic rings. The van der Waals surface area contributed by atoms with Crippen LogP contribution in [0.1, 0.15) is 30.4 Å². The van der Waals surface area contributed by atoms with Crippen molar-refractivity contribution in [3.05, 3.63) is 65.0 Å². The van der Waals surface area contributed by atoms with E-state index in [2.05, 4.69) is 11.4 Å². The molecule has 1 amide bonds. The van der Waals surface area contributed by atoms with Gasteiger partial charge in [0.1, 0.15) is 5.82 Å². The van der Waals surface area contributed by atoms with Crippen molar-refractivity contribution < 1.29 is 18.0 Å². The second-order valence-corrected chi connectivity index (χ2v) is 7.51. The van der Waals surface area contributed by atoms with E-state index in [4.69, 9.17) is 11.0 Å². The fourth-order valence-corrected chi connectivity index (χ4v) is 3.58. The lowest BCUT2D eigenvalue weighted by Crippen LogP contribution is -2.44. The van der Waals surface area contributed by atoms with Gasteiger partial charge in [0.2, 0.25) is 5.91 Å². The second kappa shape index (κ2) is 9.63. The van der Waals surface area contributed by atoms with Crippen molar-refractivity contribution in [3.63, 3.8) is 0 Å². The second-order valence-electron chi connectivity index (χ2n) is 7.51. The van der Waals surface area contributed by atoms with E-state index in [-0.39, 0.29) is 30.4 Å². The average Bonchev–Trinajstić information content (AvgIpc) is 2.73. The average molecular weight is 416 g/mol. The Morgan fingerprint density at radius 2 is 1.77 bits per heavy atom. The van der Waals surface area contributed by atoms with Crippen LogP contribution in [0.4, 0.5) is 18.9 Å². The van der Waals surface area contributed by atoms with E-state index in [1.165, 1.54) is 0 Å². The van der Waals surface area contributed by atoms with Gasteiger partial charge in [-0.25, -0.2) is 13.2 Å². The first-order chi connectivity index (χ1) is 14.4. The van der Waals surface area contributed by atoms with E-state index in [1.54, 1.807) is 17.0 Å². The van der Waals surface area contributed by atoms with Gasteiger partial charge in [-0.3, -0.25) is 4.79 Å². The molecule has 1 fully saturated rings. The number of nitrogens with one attached hydrogen (secondary N) is 1. The number of nitrogens with zero attached hydrogens (tertiary/aromatic N) is 2. The van der Waals surface area contributed by atoms with Crippen LogP contribution in [-0.4, -0.2) is 36.0 Å². The van der Waals surface area contributed by atoms with Crippen molar-refractivity contribution in [1.82, 2.24) is 4.90 Å². The molecule has 0 unspecified atom stereocenters. The number of rotatable bonds is 6. The zero-order chi connectivity index (χ0) is 21.7. The number of likely N-dealkylation sites (tertiary alicyclic amines) is 1. The summed E-state index contributed by atoms with van der Waals surface area (Å²) >= 11 is 0. The summed E-state index contributed by atoms with van der Waals surface area (Å²) in [5.41, 5.74) is 7.44. The van der Waals surface area contributed by atoms with Crippen molar-refractivity contribution in [1.29, 1.82) is 5.26 Å². The molecule has 0 aromatic heterocycles. The summed E-state index contributed by atoms with van der Waals surface area (Å²) in [6.07, 6.45) is 1.48. The van der Waals surface area contributed by atoms with Gasteiger partial charge < -0.3 is 16.0 Å². The molecule has 1 aliphatic heterocycles. The van der Waals surface area contributed by atoms with Gasteiger partial charge in [-0.15, -0.1) is 0 Å². The molecule has 0 aliphatic carbocycles. The third-order valence-corrected chi connectivity index (χ3v) is 5.24. The van der Waals surface area contributed by atoms with E-state index < -0.39 is 23.5 Å². The first-order valence-corrected chi connectivity index (χ1v) is 9.79. The van der Waals surface area contributed by atoms with E-state index in [1.807, 2.05) is 12.1 Å². The third kappa shape index (κ3) is 5.51. The molecule has 2 aromatic carbocycles. The van der Waals surface area contributed by atoms with Gasteiger partial charge >= 0.3 is 0 Å². The van der Waals surface area contributed by atoms with Crippen LogP contribution in [-0.2, 0) is 11.2 Å². The number of benzene rings is 2. The van der Waals surface area contributed by atoms with Crippen molar-refractivity contribution in [3.8, 4) is 6.07 Å². The molecule has 1 aliphatic rings. The number of hydrogen-bond donors (Lipinski definition) is 2. The molecule has 1 atom stereocenters. The minimum absolute atomic E-state index is 0.00610. The van der Waals surface area contributed by atoms with E-state index in [9.17, 15) is 18.0 Å². The molecule has 0 spiro atoms. The highest BCUT2D eigenvalue weighted by molar-refractivity contribution is 5.77. The summed E-state index contributed by atoms with van der Waals surface area (Å²) in [7, 11) is 0. The van der Waals surface area contributed by atoms with Crippen molar-refractivity contribution in [2.24, 2.45) is 5.73 Å². The summed E-state index contributed by atoms with van der Waals surface area (Å²) in [4.78, 5) is 14.2. The van der Waals surface area contributed by atoms with Gasteiger partial charge in [-0.05, 0) is 55.2 Å². The molecule has 0 radical (unpaired) electrons. The minimum Gasteiger partial charge on any atom is -0.382 e. The third-order valence-electron chi connectivity index (χ3n) is 5.24. The zero-order valence-electron chi connectivity index (χ0n) is 16.4. The quantitative estimate of drug-likeness (QED) is 0.708. The smallest absolute Gasteiger partial charge is 0.224 e. The molecule has 8 heteroatoms. The van der Waals surface area contributed by atoms with Crippen LogP contribution in [0.5, 0.6) is 0 Å². The summed E-state index contributed by atoms with van der Waals surface area (Å²) in [6.45, 7) is 1.14. The number of nitrogens with two attached hydrogens (primary N) is 1. The number of amides is 1. The maximum Gasteiger partial charge on any atom is 0.224 e. The van der Waals surface area contributed by atoms with Gasteiger partial charge in [0.05, 0.1) is 11.6 Å². The molecular weight excluding hydrogens is 393 g/mol. The number of piperidine rings is 1. The van der Waals surface area contributed by atoms with Crippen LogP contribution in [0, 0.1) is 28.8 Å². The molecule has 30 heavy (non-hydrogen) atoms. The molecule has 0 bridgehead atoms. The van der Waals surface area contributed by atoms with Gasteiger partial charge in [-0.1, -0.05) is 0 Å². The molecular formula is C22H23F3N4O. The standard InChI is InChI=1S/C22H23F3N4O/c23-19-12-21(25)20(24)10-15(19)9-16(27)11-22(30)29-7-5-18(6-8-29)28-17-3-1-14(13-26)2-4-17/h1-4,10,12,16,18,28H,5-9,11,27H2/t16-/m1/s1. The summed E-state index contributed by atoms with van der Waals surface area (Å²) in [5.74, 6) is -3.39.